The minimum absolute atomic E-state index is 0.233. The minimum Gasteiger partial charge on any atom is -0.497 e. The van der Waals surface area contributed by atoms with Gasteiger partial charge < -0.3 is 20.5 Å². The molecule has 0 amide bonds. The summed E-state index contributed by atoms with van der Waals surface area (Å²) in [6.07, 6.45) is 0. The van der Waals surface area contributed by atoms with Crippen LogP contribution < -0.4 is 15.4 Å². The topological polar surface area (TPSA) is 96.4 Å². The van der Waals surface area contributed by atoms with Gasteiger partial charge >= 0.3 is 5.97 Å². The molecule has 26 heavy (non-hydrogen) atoms. The molecule has 0 fully saturated rings. The molecule has 1 heterocycles. The number of aromatic carboxylic acids is 1. The number of benzene rings is 2. The Bertz CT molecular complexity index is 909. The van der Waals surface area contributed by atoms with Crippen molar-refractivity contribution in [2.24, 2.45) is 0 Å². The molecule has 0 saturated heterocycles. The number of rotatable bonds is 6. The van der Waals surface area contributed by atoms with Gasteiger partial charge in [-0.1, -0.05) is 0 Å². The van der Waals surface area contributed by atoms with Crippen LogP contribution in [0.15, 0.2) is 54.6 Å². The summed E-state index contributed by atoms with van der Waals surface area (Å²) in [6.45, 7) is 1.87. The number of carboxylic acid groups (broad SMARTS) is 1. The summed E-state index contributed by atoms with van der Waals surface area (Å²) >= 11 is 0. The number of ether oxygens (including phenoxy) is 1. The van der Waals surface area contributed by atoms with Crippen molar-refractivity contribution in [3.05, 3.63) is 65.9 Å². The molecule has 3 rings (SSSR count). The monoisotopic (exact) mass is 350 g/mol. The molecule has 0 aliphatic carbocycles. The van der Waals surface area contributed by atoms with Crippen molar-refractivity contribution >= 4 is 29.1 Å². The Morgan fingerprint density at radius 1 is 0.962 bits per heavy atom. The normalized spacial score (nSPS) is 10.2. The number of carboxylic acids is 1. The first kappa shape index (κ1) is 17.2. The maximum atomic E-state index is 10.9. The van der Waals surface area contributed by atoms with Crippen molar-refractivity contribution in [1.29, 1.82) is 0 Å². The van der Waals surface area contributed by atoms with Crippen LogP contribution in [0.2, 0.25) is 0 Å². The third-order valence-corrected chi connectivity index (χ3v) is 3.60. The van der Waals surface area contributed by atoms with Crippen LogP contribution in [0, 0.1) is 6.92 Å². The van der Waals surface area contributed by atoms with Gasteiger partial charge in [0.1, 0.15) is 11.6 Å². The molecule has 7 heteroatoms. The number of nitrogens with one attached hydrogen (secondary N) is 2. The van der Waals surface area contributed by atoms with E-state index in [4.69, 9.17) is 9.84 Å². The Kier molecular flexibility index (Phi) is 4.98. The number of nitrogens with zero attached hydrogens (tertiary/aromatic N) is 2. The number of aromatic nitrogens is 2. The van der Waals surface area contributed by atoms with Crippen molar-refractivity contribution in [3.63, 3.8) is 0 Å². The number of hydrogen-bond acceptors (Lipinski definition) is 6. The lowest BCUT2D eigenvalue weighted by Crippen LogP contribution is -2.03. The quantitative estimate of drug-likeness (QED) is 0.619. The van der Waals surface area contributed by atoms with E-state index in [1.54, 1.807) is 19.2 Å². The molecule has 1 aromatic heterocycles. The van der Waals surface area contributed by atoms with Gasteiger partial charge in [0.25, 0.3) is 0 Å². The van der Waals surface area contributed by atoms with Crippen LogP contribution in [0.4, 0.5) is 23.1 Å². The second kappa shape index (κ2) is 7.52. The van der Waals surface area contributed by atoms with Crippen LogP contribution in [0.25, 0.3) is 0 Å². The first-order chi connectivity index (χ1) is 12.5. The van der Waals surface area contributed by atoms with Gasteiger partial charge in [-0.05, 0) is 55.5 Å². The average molecular weight is 350 g/mol. The van der Waals surface area contributed by atoms with Crippen molar-refractivity contribution in [2.75, 3.05) is 17.7 Å². The smallest absolute Gasteiger partial charge is 0.335 e. The molecule has 0 aliphatic heterocycles. The fourth-order valence-corrected chi connectivity index (χ4v) is 2.34. The third kappa shape index (κ3) is 4.27. The molecule has 0 atom stereocenters. The molecule has 0 saturated carbocycles. The number of anilines is 4. The van der Waals surface area contributed by atoms with E-state index < -0.39 is 5.97 Å². The third-order valence-electron chi connectivity index (χ3n) is 3.60. The molecule has 132 valence electrons. The van der Waals surface area contributed by atoms with Crippen LogP contribution in [0.5, 0.6) is 5.75 Å². The summed E-state index contributed by atoms with van der Waals surface area (Å²) in [5, 5.41) is 15.3. The Morgan fingerprint density at radius 2 is 1.58 bits per heavy atom. The predicted octanol–water partition coefficient (Wildman–Crippen LogP) is 3.98. The highest BCUT2D eigenvalue weighted by atomic mass is 16.5. The zero-order valence-electron chi connectivity index (χ0n) is 14.4. The van der Waals surface area contributed by atoms with E-state index in [1.807, 2.05) is 37.3 Å². The van der Waals surface area contributed by atoms with Gasteiger partial charge in [-0.2, -0.15) is 4.98 Å². The minimum atomic E-state index is -0.958. The van der Waals surface area contributed by atoms with Gasteiger partial charge in [0.2, 0.25) is 5.95 Å². The summed E-state index contributed by atoms with van der Waals surface area (Å²) in [4.78, 5) is 19.7. The van der Waals surface area contributed by atoms with E-state index in [2.05, 4.69) is 20.6 Å². The van der Waals surface area contributed by atoms with E-state index in [0.29, 0.717) is 11.8 Å². The number of aryl methyl sites for hydroxylation is 1. The zero-order valence-corrected chi connectivity index (χ0v) is 14.4. The maximum Gasteiger partial charge on any atom is 0.335 e. The Hall–Kier alpha value is -3.61. The maximum absolute atomic E-state index is 10.9. The summed E-state index contributed by atoms with van der Waals surface area (Å²) < 4.78 is 5.14. The Morgan fingerprint density at radius 3 is 2.19 bits per heavy atom. The van der Waals surface area contributed by atoms with Crippen LogP contribution in [0.3, 0.4) is 0 Å². The van der Waals surface area contributed by atoms with Gasteiger partial charge in [-0.3, -0.25) is 0 Å². The number of carbonyl (C=O) groups is 1. The van der Waals surface area contributed by atoms with Crippen LogP contribution >= 0.6 is 0 Å². The summed E-state index contributed by atoms with van der Waals surface area (Å²) in [5.41, 5.74) is 2.61. The van der Waals surface area contributed by atoms with Gasteiger partial charge in [-0.15, -0.1) is 0 Å². The number of hydrogen-bond donors (Lipinski definition) is 3. The largest absolute Gasteiger partial charge is 0.497 e. The molecule has 3 aromatic rings. The van der Waals surface area contributed by atoms with Crippen molar-refractivity contribution in [1.82, 2.24) is 9.97 Å². The second-order valence-electron chi connectivity index (χ2n) is 5.58. The molecule has 0 unspecified atom stereocenters. The zero-order chi connectivity index (χ0) is 18.5. The van der Waals surface area contributed by atoms with Gasteiger partial charge in [-0.25, -0.2) is 9.78 Å². The molecule has 0 aliphatic rings. The first-order valence-corrected chi connectivity index (χ1v) is 7.90. The summed E-state index contributed by atoms with van der Waals surface area (Å²) in [6, 6.07) is 15.7. The molecule has 0 bridgehead atoms. The molecule has 0 radical (unpaired) electrons. The summed E-state index contributed by atoms with van der Waals surface area (Å²) in [7, 11) is 1.62. The molecular formula is C19H18N4O3. The highest BCUT2D eigenvalue weighted by molar-refractivity contribution is 5.88. The molecular weight excluding hydrogens is 332 g/mol. The Labute approximate surface area is 150 Å². The van der Waals surface area contributed by atoms with Crippen molar-refractivity contribution < 1.29 is 14.6 Å². The van der Waals surface area contributed by atoms with Crippen LogP contribution in [0.1, 0.15) is 16.1 Å². The summed E-state index contributed by atoms with van der Waals surface area (Å²) in [5.74, 6) is 0.879. The molecule has 2 aromatic carbocycles. The van der Waals surface area contributed by atoms with Gasteiger partial charge in [0.15, 0.2) is 0 Å². The fraction of sp³-hybridized carbons (Fsp3) is 0.105. The second-order valence-corrected chi connectivity index (χ2v) is 5.58. The lowest BCUT2D eigenvalue weighted by molar-refractivity contribution is 0.0697. The van der Waals surface area contributed by atoms with Gasteiger partial charge in [0.05, 0.1) is 12.7 Å². The van der Waals surface area contributed by atoms with Crippen molar-refractivity contribution in [2.45, 2.75) is 6.92 Å². The van der Waals surface area contributed by atoms with Crippen LogP contribution in [-0.2, 0) is 0 Å². The lowest BCUT2D eigenvalue weighted by atomic mass is 10.2. The molecule has 7 nitrogen and oxygen atoms in total. The fourth-order valence-electron chi connectivity index (χ4n) is 2.34. The molecule has 3 N–H and O–H groups in total. The highest BCUT2D eigenvalue weighted by Crippen LogP contribution is 2.21. The van der Waals surface area contributed by atoms with Crippen molar-refractivity contribution in [3.8, 4) is 5.75 Å². The van der Waals surface area contributed by atoms with E-state index >= 15 is 0 Å². The highest BCUT2D eigenvalue weighted by Gasteiger charge is 2.06. The number of methoxy groups -OCH3 is 1. The predicted molar refractivity (Wildman–Crippen MR) is 99.7 cm³/mol. The standard InChI is InChI=1S/C19H18N4O3/c1-12-11-17(21-14-5-3-13(4-6-14)18(24)25)23-19(20-12)22-15-7-9-16(26-2)10-8-15/h3-11H,1-2H3,(H,24,25)(H2,20,21,22,23). The lowest BCUT2D eigenvalue weighted by Gasteiger charge is -2.10. The van der Waals surface area contributed by atoms with Gasteiger partial charge in [0, 0.05) is 23.1 Å². The van der Waals surface area contributed by atoms with E-state index in [-0.39, 0.29) is 5.56 Å². The van der Waals surface area contributed by atoms with E-state index in [9.17, 15) is 4.79 Å². The molecule has 0 spiro atoms. The Balaban J connectivity index is 1.77. The first-order valence-electron chi connectivity index (χ1n) is 7.90. The van der Waals surface area contributed by atoms with Crippen LogP contribution in [-0.4, -0.2) is 28.2 Å². The van der Waals surface area contributed by atoms with E-state index in [1.165, 1.54) is 12.1 Å². The average Bonchev–Trinajstić information content (AvgIpc) is 2.62. The van der Waals surface area contributed by atoms with E-state index in [0.717, 1.165) is 22.8 Å². The SMILES string of the molecule is COc1ccc(Nc2nc(C)cc(Nc3ccc(C(=O)O)cc3)n2)cc1.